The molecule has 0 amide bonds. The molecule has 0 aliphatic rings. The fraction of sp³-hybridized carbons (Fsp3) is 1.00. The number of nitrogens with one attached hydrogen (secondary N) is 1. The number of hydrogen-bond donors (Lipinski definition) is 2. The third-order valence-electron chi connectivity index (χ3n) is 3.57. The summed E-state index contributed by atoms with van der Waals surface area (Å²) in [5, 5.41) is 12.3. The molecule has 0 bridgehead atoms. The largest absolute Gasteiger partial charge is 0.415 e. The van der Waals surface area contributed by atoms with E-state index in [9.17, 15) is 0 Å². The van der Waals surface area contributed by atoms with Crippen LogP contribution in [0.2, 0.25) is 18.1 Å². The summed E-state index contributed by atoms with van der Waals surface area (Å²) in [5.41, 5.74) is 0. The molecule has 0 aromatic heterocycles. The molecule has 0 aromatic carbocycles. The first-order valence-electron chi connectivity index (χ1n) is 6.16. The van der Waals surface area contributed by atoms with Crippen LogP contribution in [0.25, 0.3) is 0 Å². The van der Waals surface area contributed by atoms with Crippen molar-refractivity contribution in [3.8, 4) is 0 Å². The molecule has 16 heavy (non-hydrogen) atoms. The van der Waals surface area contributed by atoms with Crippen molar-refractivity contribution in [3.05, 3.63) is 0 Å². The van der Waals surface area contributed by atoms with E-state index >= 15 is 0 Å². The van der Waals surface area contributed by atoms with Crippen LogP contribution < -0.4 is 5.32 Å². The van der Waals surface area contributed by atoms with Crippen LogP contribution in [-0.4, -0.2) is 39.7 Å². The van der Waals surface area contributed by atoms with Gasteiger partial charge in [-0.1, -0.05) is 20.8 Å². The van der Waals surface area contributed by atoms with Crippen molar-refractivity contribution in [1.82, 2.24) is 5.32 Å². The fourth-order valence-electron chi connectivity index (χ4n) is 1.17. The quantitative estimate of drug-likeness (QED) is 0.679. The molecule has 0 fully saturated rings. The Morgan fingerprint density at radius 2 is 1.88 bits per heavy atom. The highest BCUT2D eigenvalue weighted by molar-refractivity contribution is 6.74. The molecule has 3 nitrogen and oxygen atoms in total. The van der Waals surface area contributed by atoms with Crippen molar-refractivity contribution in [2.45, 2.75) is 57.8 Å². The van der Waals surface area contributed by atoms with E-state index in [1.807, 2.05) is 7.05 Å². The SMILES string of the molecule is CNC(CCCO)CO[Si](C)(C)C(C)(C)C. The number of aliphatic hydroxyl groups is 1. The van der Waals surface area contributed by atoms with Gasteiger partial charge >= 0.3 is 0 Å². The van der Waals surface area contributed by atoms with Gasteiger partial charge in [0.25, 0.3) is 0 Å². The molecule has 0 spiro atoms. The highest BCUT2D eigenvalue weighted by atomic mass is 28.4. The molecule has 98 valence electrons. The van der Waals surface area contributed by atoms with Crippen LogP contribution in [0.1, 0.15) is 33.6 Å². The average Bonchev–Trinajstić information content (AvgIpc) is 2.16. The molecule has 0 aliphatic heterocycles. The molecule has 0 saturated carbocycles. The summed E-state index contributed by atoms with van der Waals surface area (Å²) in [5.74, 6) is 0. The van der Waals surface area contributed by atoms with Gasteiger partial charge in [0.2, 0.25) is 0 Å². The Morgan fingerprint density at radius 1 is 1.31 bits per heavy atom. The molecule has 0 aromatic rings. The Kier molecular flexibility index (Phi) is 6.78. The van der Waals surface area contributed by atoms with E-state index in [-0.39, 0.29) is 11.6 Å². The van der Waals surface area contributed by atoms with Crippen molar-refractivity contribution in [2.75, 3.05) is 20.3 Å². The van der Waals surface area contributed by atoms with Gasteiger partial charge in [0, 0.05) is 19.3 Å². The summed E-state index contributed by atoms with van der Waals surface area (Å²) in [6, 6.07) is 0.362. The van der Waals surface area contributed by atoms with E-state index < -0.39 is 8.32 Å². The third-order valence-corrected chi connectivity index (χ3v) is 8.07. The van der Waals surface area contributed by atoms with Crippen LogP contribution in [0, 0.1) is 0 Å². The van der Waals surface area contributed by atoms with E-state index in [1.54, 1.807) is 0 Å². The maximum absolute atomic E-state index is 8.81. The zero-order valence-electron chi connectivity index (χ0n) is 11.8. The standard InChI is InChI=1S/C12H29NO2Si/c1-12(2,3)16(5,6)15-10-11(13-4)8-7-9-14/h11,13-14H,7-10H2,1-6H3. The van der Waals surface area contributed by atoms with Crippen molar-refractivity contribution in [3.63, 3.8) is 0 Å². The van der Waals surface area contributed by atoms with Crippen LogP contribution in [0.15, 0.2) is 0 Å². The molecule has 0 radical (unpaired) electrons. The van der Waals surface area contributed by atoms with Gasteiger partial charge in [-0.2, -0.15) is 0 Å². The van der Waals surface area contributed by atoms with Crippen LogP contribution in [-0.2, 0) is 4.43 Å². The third kappa shape index (κ3) is 5.43. The molecule has 1 atom stereocenters. The van der Waals surface area contributed by atoms with Gasteiger partial charge < -0.3 is 14.8 Å². The fourth-order valence-corrected chi connectivity index (χ4v) is 2.22. The van der Waals surface area contributed by atoms with E-state index in [1.165, 1.54) is 0 Å². The topological polar surface area (TPSA) is 41.5 Å². The molecule has 0 heterocycles. The molecule has 1 unspecified atom stereocenters. The van der Waals surface area contributed by atoms with Gasteiger partial charge in [-0.3, -0.25) is 0 Å². The highest BCUT2D eigenvalue weighted by Gasteiger charge is 2.37. The normalized spacial score (nSPS) is 15.2. The minimum atomic E-state index is -1.63. The van der Waals surface area contributed by atoms with Crippen LogP contribution in [0.4, 0.5) is 0 Å². The number of rotatable bonds is 7. The van der Waals surface area contributed by atoms with Crippen LogP contribution >= 0.6 is 0 Å². The van der Waals surface area contributed by atoms with Crippen molar-refractivity contribution < 1.29 is 9.53 Å². The summed E-state index contributed by atoms with van der Waals surface area (Å²) >= 11 is 0. The minimum Gasteiger partial charge on any atom is -0.415 e. The average molecular weight is 247 g/mol. The lowest BCUT2D eigenvalue weighted by molar-refractivity contribution is 0.224. The zero-order chi connectivity index (χ0) is 12.8. The summed E-state index contributed by atoms with van der Waals surface area (Å²) in [4.78, 5) is 0. The van der Waals surface area contributed by atoms with Crippen molar-refractivity contribution in [1.29, 1.82) is 0 Å². The highest BCUT2D eigenvalue weighted by Crippen LogP contribution is 2.36. The lowest BCUT2D eigenvalue weighted by Crippen LogP contribution is -2.44. The van der Waals surface area contributed by atoms with Gasteiger partial charge in [-0.25, -0.2) is 0 Å². The Morgan fingerprint density at radius 3 is 2.25 bits per heavy atom. The molecule has 2 N–H and O–H groups in total. The van der Waals surface area contributed by atoms with Gasteiger partial charge in [-0.15, -0.1) is 0 Å². The van der Waals surface area contributed by atoms with E-state index in [0.717, 1.165) is 19.4 Å². The summed E-state index contributed by atoms with van der Waals surface area (Å²) < 4.78 is 6.14. The predicted octanol–water partition coefficient (Wildman–Crippen LogP) is 2.37. The monoisotopic (exact) mass is 247 g/mol. The summed E-state index contributed by atoms with van der Waals surface area (Å²) in [6.07, 6.45) is 1.81. The lowest BCUT2D eigenvalue weighted by Gasteiger charge is -2.37. The maximum Gasteiger partial charge on any atom is 0.192 e. The molecular weight excluding hydrogens is 218 g/mol. The number of hydrogen-bond acceptors (Lipinski definition) is 3. The summed E-state index contributed by atoms with van der Waals surface area (Å²) in [6.45, 7) is 12.3. The first-order chi connectivity index (χ1) is 7.24. The second-order valence-corrected chi connectivity index (χ2v) is 10.7. The van der Waals surface area contributed by atoms with Crippen LogP contribution in [0.5, 0.6) is 0 Å². The Labute approximate surface area is 102 Å². The minimum absolute atomic E-state index is 0.262. The van der Waals surface area contributed by atoms with Gasteiger partial charge in [-0.05, 0) is 38.0 Å². The van der Waals surface area contributed by atoms with Gasteiger partial charge in [0.1, 0.15) is 0 Å². The molecule has 0 rings (SSSR count). The lowest BCUT2D eigenvalue weighted by atomic mass is 10.2. The second-order valence-electron chi connectivity index (χ2n) is 5.92. The number of likely N-dealkylation sites (N-methyl/N-ethyl adjacent to an activating group) is 1. The smallest absolute Gasteiger partial charge is 0.192 e. The Hall–Kier alpha value is 0.0969. The van der Waals surface area contributed by atoms with E-state index in [2.05, 4.69) is 39.2 Å². The van der Waals surface area contributed by atoms with E-state index in [0.29, 0.717) is 6.04 Å². The van der Waals surface area contributed by atoms with Gasteiger partial charge in [0.15, 0.2) is 8.32 Å². The summed E-state index contributed by atoms with van der Waals surface area (Å²) in [7, 11) is 0.330. The second kappa shape index (κ2) is 6.74. The Bertz CT molecular complexity index is 190. The molecule has 4 heteroatoms. The molecular formula is C12H29NO2Si. The van der Waals surface area contributed by atoms with Gasteiger partial charge in [0.05, 0.1) is 0 Å². The maximum atomic E-state index is 8.81. The Balaban J connectivity index is 4.10. The zero-order valence-corrected chi connectivity index (χ0v) is 12.8. The predicted molar refractivity (Wildman–Crippen MR) is 72.3 cm³/mol. The first-order valence-corrected chi connectivity index (χ1v) is 9.07. The van der Waals surface area contributed by atoms with E-state index in [4.69, 9.17) is 9.53 Å². The number of aliphatic hydroxyl groups excluding tert-OH is 1. The first kappa shape index (κ1) is 16.1. The van der Waals surface area contributed by atoms with Crippen molar-refractivity contribution in [2.24, 2.45) is 0 Å². The molecule has 0 saturated heterocycles. The van der Waals surface area contributed by atoms with Crippen molar-refractivity contribution >= 4 is 8.32 Å². The molecule has 0 aliphatic carbocycles. The van der Waals surface area contributed by atoms with Crippen LogP contribution in [0.3, 0.4) is 0 Å².